The number of halogens is 3. The molecule has 0 unspecified atom stereocenters. The zero-order valence-corrected chi connectivity index (χ0v) is 14.0. The molecular weight excluding hydrogens is 313 g/mol. The van der Waals surface area contributed by atoms with Gasteiger partial charge in [0.1, 0.15) is 0 Å². The van der Waals surface area contributed by atoms with Crippen molar-refractivity contribution in [1.82, 2.24) is 4.90 Å². The first-order valence-electron chi connectivity index (χ1n) is 7.38. The second-order valence-electron chi connectivity index (χ2n) is 6.10. The summed E-state index contributed by atoms with van der Waals surface area (Å²) in [6.45, 7) is 3.73. The number of hydrogen-bond donors (Lipinski definition) is 0. The Morgan fingerprint density at radius 3 is 2.20 bits per heavy atom. The van der Waals surface area contributed by atoms with E-state index in [-0.39, 0.29) is 12.4 Å². The third-order valence-electron chi connectivity index (χ3n) is 4.82. The van der Waals surface area contributed by atoms with Gasteiger partial charge in [-0.3, -0.25) is 0 Å². The van der Waals surface area contributed by atoms with Crippen molar-refractivity contribution in [3.05, 3.63) is 33.8 Å². The van der Waals surface area contributed by atoms with Crippen molar-refractivity contribution in [2.45, 2.75) is 43.9 Å². The molecule has 1 saturated heterocycles. The Kier molecular flexibility index (Phi) is 5.64. The average molecular weight is 335 g/mol. The molecule has 2 aliphatic rings. The van der Waals surface area contributed by atoms with Crippen LogP contribution in [0, 0.1) is 0 Å². The SMILES string of the molecule is Cl.Clc1ccc(C2(CN3CCCCC3)CCC2)cc1Cl. The van der Waals surface area contributed by atoms with Crippen molar-refractivity contribution >= 4 is 35.6 Å². The number of nitrogens with zero attached hydrogens (tertiary/aromatic N) is 1. The number of benzene rings is 1. The van der Waals surface area contributed by atoms with E-state index in [4.69, 9.17) is 23.2 Å². The molecule has 0 aromatic heterocycles. The van der Waals surface area contributed by atoms with E-state index in [9.17, 15) is 0 Å². The van der Waals surface area contributed by atoms with Crippen molar-refractivity contribution in [2.24, 2.45) is 0 Å². The number of hydrogen-bond acceptors (Lipinski definition) is 1. The lowest BCUT2D eigenvalue weighted by atomic mass is 9.64. The topological polar surface area (TPSA) is 3.24 Å². The fraction of sp³-hybridized carbons (Fsp3) is 0.625. The summed E-state index contributed by atoms with van der Waals surface area (Å²) in [5.74, 6) is 0. The molecule has 2 fully saturated rings. The minimum atomic E-state index is 0. The third-order valence-corrected chi connectivity index (χ3v) is 5.56. The maximum atomic E-state index is 6.20. The summed E-state index contributed by atoms with van der Waals surface area (Å²) in [5, 5.41) is 1.36. The van der Waals surface area contributed by atoms with Gasteiger partial charge in [-0.05, 0) is 56.5 Å². The van der Waals surface area contributed by atoms with Crippen LogP contribution in [-0.4, -0.2) is 24.5 Å². The van der Waals surface area contributed by atoms with Gasteiger partial charge in [0, 0.05) is 12.0 Å². The van der Waals surface area contributed by atoms with E-state index in [1.165, 1.54) is 63.7 Å². The second kappa shape index (κ2) is 6.87. The van der Waals surface area contributed by atoms with Gasteiger partial charge in [0.15, 0.2) is 0 Å². The third kappa shape index (κ3) is 3.27. The monoisotopic (exact) mass is 333 g/mol. The van der Waals surface area contributed by atoms with Crippen molar-refractivity contribution < 1.29 is 0 Å². The van der Waals surface area contributed by atoms with Gasteiger partial charge in [-0.15, -0.1) is 12.4 Å². The molecule has 3 rings (SSSR count). The van der Waals surface area contributed by atoms with Crippen molar-refractivity contribution in [1.29, 1.82) is 0 Å². The Morgan fingerprint density at radius 2 is 1.65 bits per heavy atom. The fourth-order valence-electron chi connectivity index (χ4n) is 3.51. The maximum Gasteiger partial charge on any atom is 0.0595 e. The summed E-state index contributed by atoms with van der Waals surface area (Å²) >= 11 is 12.2. The van der Waals surface area contributed by atoms with Crippen LogP contribution in [0.5, 0.6) is 0 Å². The summed E-state index contributed by atoms with van der Waals surface area (Å²) < 4.78 is 0. The Morgan fingerprint density at radius 1 is 0.950 bits per heavy atom. The van der Waals surface area contributed by atoms with Crippen molar-refractivity contribution in [3.63, 3.8) is 0 Å². The molecule has 1 aromatic carbocycles. The Labute approximate surface area is 138 Å². The molecule has 1 aliphatic heterocycles. The van der Waals surface area contributed by atoms with E-state index in [1.54, 1.807) is 0 Å². The zero-order valence-electron chi connectivity index (χ0n) is 11.7. The first kappa shape index (κ1) is 16.4. The fourth-order valence-corrected chi connectivity index (χ4v) is 3.81. The molecule has 20 heavy (non-hydrogen) atoms. The molecule has 1 aromatic rings. The summed E-state index contributed by atoms with van der Waals surface area (Å²) in [6, 6.07) is 6.22. The summed E-state index contributed by atoms with van der Waals surface area (Å²) in [7, 11) is 0. The standard InChI is InChI=1S/C16H21Cl2N.ClH/c17-14-6-5-13(11-15(14)18)16(7-4-8-16)12-19-9-2-1-3-10-19;/h5-6,11H,1-4,7-10,12H2;1H. The van der Waals surface area contributed by atoms with E-state index in [0.29, 0.717) is 15.5 Å². The molecule has 0 atom stereocenters. The molecule has 0 N–H and O–H groups in total. The lowest BCUT2D eigenvalue weighted by Gasteiger charge is -2.46. The number of likely N-dealkylation sites (tertiary alicyclic amines) is 1. The number of piperidine rings is 1. The van der Waals surface area contributed by atoms with Crippen LogP contribution in [0.15, 0.2) is 18.2 Å². The quantitative estimate of drug-likeness (QED) is 0.723. The Hall–Kier alpha value is 0.0500. The van der Waals surface area contributed by atoms with Gasteiger partial charge in [0.2, 0.25) is 0 Å². The highest BCUT2D eigenvalue weighted by molar-refractivity contribution is 6.42. The van der Waals surface area contributed by atoms with Crippen molar-refractivity contribution in [2.75, 3.05) is 19.6 Å². The maximum absolute atomic E-state index is 6.20. The van der Waals surface area contributed by atoms with E-state index >= 15 is 0 Å². The minimum absolute atomic E-state index is 0. The van der Waals surface area contributed by atoms with Crippen LogP contribution < -0.4 is 0 Å². The van der Waals surface area contributed by atoms with E-state index in [0.717, 1.165) is 0 Å². The smallest absolute Gasteiger partial charge is 0.0595 e. The van der Waals surface area contributed by atoms with Gasteiger partial charge in [0.05, 0.1) is 10.0 Å². The van der Waals surface area contributed by atoms with Gasteiger partial charge in [-0.25, -0.2) is 0 Å². The first-order chi connectivity index (χ1) is 9.20. The zero-order chi connectivity index (χ0) is 13.3. The predicted octanol–water partition coefficient (Wildman–Crippen LogP) is 5.32. The molecular formula is C16H22Cl3N. The summed E-state index contributed by atoms with van der Waals surface area (Å²) in [5.41, 5.74) is 1.73. The van der Waals surface area contributed by atoms with E-state index in [1.807, 2.05) is 6.07 Å². The molecule has 0 radical (unpaired) electrons. The molecule has 1 aliphatic carbocycles. The molecule has 1 heterocycles. The van der Waals surface area contributed by atoms with Crippen LogP contribution in [0.1, 0.15) is 44.1 Å². The second-order valence-corrected chi connectivity index (χ2v) is 6.91. The molecule has 0 amide bonds. The molecule has 0 bridgehead atoms. The summed E-state index contributed by atoms with van der Waals surface area (Å²) in [4.78, 5) is 2.64. The van der Waals surface area contributed by atoms with Gasteiger partial charge in [-0.1, -0.05) is 42.1 Å². The van der Waals surface area contributed by atoms with Crippen LogP contribution in [0.3, 0.4) is 0 Å². The normalized spacial score (nSPS) is 21.9. The molecule has 1 saturated carbocycles. The van der Waals surface area contributed by atoms with Crippen LogP contribution in [-0.2, 0) is 5.41 Å². The van der Waals surface area contributed by atoms with Gasteiger partial charge in [-0.2, -0.15) is 0 Å². The van der Waals surface area contributed by atoms with E-state index < -0.39 is 0 Å². The summed E-state index contributed by atoms with van der Waals surface area (Å²) in [6.07, 6.45) is 8.04. The molecule has 112 valence electrons. The van der Waals surface area contributed by atoms with Gasteiger partial charge < -0.3 is 4.90 Å². The van der Waals surface area contributed by atoms with Crippen molar-refractivity contribution in [3.8, 4) is 0 Å². The predicted molar refractivity (Wildman–Crippen MR) is 89.5 cm³/mol. The number of rotatable bonds is 3. The first-order valence-corrected chi connectivity index (χ1v) is 8.13. The van der Waals surface area contributed by atoms with Crippen LogP contribution >= 0.6 is 35.6 Å². The highest BCUT2D eigenvalue weighted by Crippen LogP contribution is 2.45. The van der Waals surface area contributed by atoms with Crippen LogP contribution in [0.2, 0.25) is 10.0 Å². The minimum Gasteiger partial charge on any atom is -0.302 e. The highest BCUT2D eigenvalue weighted by Gasteiger charge is 2.40. The Bertz CT molecular complexity index is 451. The van der Waals surface area contributed by atoms with E-state index in [2.05, 4.69) is 17.0 Å². The van der Waals surface area contributed by atoms with Gasteiger partial charge >= 0.3 is 0 Å². The van der Waals surface area contributed by atoms with Crippen LogP contribution in [0.4, 0.5) is 0 Å². The lowest BCUT2D eigenvalue weighted by molar-refractivity contribution is 0.123. The van der Waals surface area contributed by atoms with Gasteiger partial charge in [0.25, 0.3) is 0 Å². The molecule has 0 spiro atoms. The molecule has 1 nitrogen and oxygen atoms in total. The highest BCUT2D eigenvalue weighted by atomic mass is 35.5. The molecule has 4 heteroatoms. The average Bonchev–Trinajstić information content (AvgIpc) is 2.38. The largest absolute Gasteiger partial charge is 0.302 e. The van der Waals surface area contributed by atoms with Crippen LogP contribution in [0.25, 0.3) is 0 Å². The lowest BCUT2D eigenvalue weighted by Crippen LogP contribution is -2.47. The Balaban J connectivity index is 0.00000147.